The number of rotatable bonds is 8. The molecule has 0 amide bonds. The largest absolute Gasteiger partial charge is 0.396 e. The molecule has 0 unspecified atom stereocenters. The van der Waals surface area contributed by atoms with Crippen LogP contribution in [0.15, 0.2) is 5.38 Å². The molecule has 5 heteroatoms. The SMILES string of the molecule is CC(C)c1nc(CN(CCO)CCCO)cs1. The maximum Gasteiger partial charge on any atom is 0.0954 e. The number of aromatic nitrogens is 1. The van der Waals surface area contributed by atoms with E-state index in [1.54, 1.807) is 11.3 Å². The summed E-state index contributed by atoms with van der Waals surface area (Å²) in [4.78, 5) is 6.69. The lowest BCUT2D eigenvalue weighted by Gasteiger charge is -2.19. The first kappa shape index (κ1) is 14.6. The second-order valence-electron chi connectivity index (χ2n) is 4.41. The van der Waals surface area contributed by atoms with Crippen molar-refractivity contribution in [2.75, 3.05) is 26.3 Å². The second kappa shape index (κ2) is 7.76. The molecule has 0 atom stereocenters. The van der Waals surface area contributed by atoms with Crippen LogP contribution >= 0.6 is 11.3 Å². The van der Waals surface area contributed by atoms with E-state index in [1.165, 1.54) is 0 Å². The molecule has 0 aliphatic carbocycles. The van der Waals surface area contributed by atoms with E-state index < -0.39 is 0 Å². The number of aliphatic hydroxyl groups excluding tert-OH is 2. The highest BCUT2D eigenvalue weighted by Gasteiger charge is 2.10. The fourth-order valence-electron chi connectivity index (χ4n) is 1.60. The minimum Gasteiger partial charge on any atom is -0.396 e. The van der Waals surface area contributed by atoms with Crippen molar-refractivity contribution in [2.45, 2.75) is 32.7 Å². The molecule has 1 aromatic rings. The summed E-state index contributed by atoms with van der Waals surface area (Å²) >= 11 is 1.69. The normalized spacial score (nSPS) is 11.6. The highest BCUT2D eigenvalue weighted by Crippen LogP contribution is 2.19. The van der Waals surface area contributed by atoms with Crippen molar-refractivity contribution in [2.24, 2.45) is 0 Å². The lowest BCUT2D eigenvalue weighted by Crippen LogP contribution is -2.28. The van der Waals surface area contributed by atoms with Gasteiger partial charge in [-0.3, -0.25) is 4.90 Å². The highest BCUT2D eigenvalue weighted by molar-refractivity contribution is 7.09. The molecule has 0 aromatic carbocycles. The first-order valence-electron chi connectivity index (χ1n) is 6.05. The van der Waals surface area contributed by atoms with Gasteiger partial charge in [-0.2, -0.15) is 0 Å². The van der Waals surface area contributed by atoms with Crippen LogP contribution in [0, 0.1) is 0 Å². The summed E-state index contributed by atoms with van der Waals surface area (Å²) in [6.07, 6.45) is 0.737. The summed E-state index contributed by atoms with van der Waals surface area (Å²) in [6, 6.07) is 0. The fourth-order valence-corrected chi connectivity index (χ4v) is 2.42. The standard InChI is InChI=1S/C12H22N2O2S/c1-10(2)12-13-11(9-17-12)8-14(5-7-16)4-3-6-15/h9-10,15-16H,3-8H2,1-2H3. The Bertz CT molecular complexity index is 315. The molecule has 0 aliphatic heterocycles. The van der Waals surface area contributed by atoms with Gasteiger partial charge in [0.2, 0.25) is 0 Å². The molecule has 0 bridgehead atoms. The molecule has 1 aromatic heterocycles. The quantitative estimate of drug-likeness (QED) is 0.741. The van der Waals surface area contributed by atoms with Crippen molar-refractivity contribution in [3.8, 4) is 0 Å². The maximum atomic E-state index is 8.99. The van der Waals surface area contributed by atoms with Gasteiger partial charge in [-0.25, -0.2) is 4.98 Å². The molecule has 0 saturated heterocycles. The van der Waals surface area contributed by atoms with Gasteiger partial charge in [0.15, 0.2) is 0 Å². The van der Waals surface area contributed by atoms with Crippen molar-refractivity contribution in [1.82, 2.24) is 9.88 Å². The predicted octanol–water partition coefficient (Wildman–Crippen LogP) is 1.44. The van der Waals surface area contributed by atoms with Crippen LogP contribution in [0.3, 0.4) is 0 Å². The van der Waals surface area contributed by atoms with Crippen LogP contribution in [0.4, 0.5) is 0 Å². The van der Waals surface area contributed by atoms with E-state index in [-0.39, 0.29) is 13.2 Å². The monoisotopic (exact) mass is 258 g/mol. The van der Waals surface area contributed by atoms with Crippen LogP contribution in [-0.2, 0) is 6.54 Å². The van der Waals surface area contributed by atoms with E-state index in [0.717, 1.165) is 30.2 Å². The third-order valence-electron chi connectivity index (χ3n) is 2.50. The van der Waals surface area contributed by atoms with Crippen LogP contribution in [-0.4, -0.2) is 46.4 Å². The van der Waals surface area contributed by atoms with Gasteiger partial charge in [0.1, 0.15) is 0 Å². The van der Waals surface area contributed by atoms with Crippen molar-refractivity contribution in [1.29, 1.82) is 0 Å². The first-order chi connectivity index (χ1) is 8.17. The molecule has 1 rings (SSSR count). The summed E-state index contributed by atoms with van der Waals surface area (Å²) in [6.45, 7) is 6.80. The Morgan fingerprint density at radius 1 is 1.29 bits per heavy atom. The van der Waals surface area contributed by atoms with E-state index in [4.69, 9.17) is 10.2 Å². The van der Waals surface area contributed by atoms with E-state index in [2.05, 4.69) is 29.1 Å². The minimum absolute atomic E-state index is 0.145. The van der Waals surface area contributed by atoms with Gasteiger partial charge in [-0.1, -0.05) is 13.8 Å². The van der Waals surface area contributed by atoms with Crippen LogP contribution < -0.4 is 0 Å². The van der Waals surface area contributed by atoms with Gasteiger partial charge >= 0.3 is 0 Å². The summed E-state index contributed by atoms with van der Waals surface area (Å²) < 4.78 is 0. The number of aliphatic hydroxyl groups is 2. The van der Waals surface area contributed by atoms with E-state index >= 15 is 0 Å². The molecule has 2 N–H and O–H groups in total. The Hall–Kier alpha value is -0.490. The molecule has 17 heavy (non-hydrogen) atoms. The lowest BCUT2D eigenvalue weighted by molar-refractivity contribution is 0.173. The maximum absolute atomic E-state index is 8.99. The Labute approximate surface area is 107 Å². The molecule has 0 radical (unpaired) electrons. The Kier molecular flexibility index (Phi) is 6.65. The Balaban J connectivity index is 2.52. The molecule has 0 fully saturated rings. The smallest absolute Gasteiger partial charge is 0.0954 e. The van der Waals surface area contributed by atoms with Crippen LogP contribution in [0.1, 0.15) is 36.9 Å². The Morgan fingerprint density at radius 2 is 2.06 bits per heavy atom. The topological polar surface area (TPSA) is 56.6 Å². The van der Waals surface area contributed by atoms with Crippen LogP contribution in [0.5, 0.6) is 0 Å². The number of thiazole rings is 1. The summed E-state index contributed by atoms with van der Waals surface area (Å²) in [5.74, 6) is 0.470. The van der Waals surface area contributed by atoms with Crippen molar-refractivity contribution < 1.29 is 10.2 Å². The van der Waals surface area contributed by atoms with Crippen molar-refractivity contribution >= 4 is 11.3 Å². The molecule has 0 aliphatic rings. The molecular formula is C12H22N2O2S. The fraction of sp³-hybridized carbons (Fsp3) is 0.750. The van der Waals surface area contributed by atoms with E-state index in [1.807, 2.05) is 0 Å². The minimum atomic E-state index is 0.145. The van der Waals surface area contributed by atoms with E-state index in [0.29, 0.717) is 12.5 Å². The highest BCUT2D eigenvalue weighted by atomic mass is 32.1. The van der Waals surface area contributed by atoms with Crippen LogP contribution in [0.2, 0.25) is 0 Å². The molecule has 4 nitrogen and oxygen atoms in total. The van der Waals surface area contributed by atoms with E-state index in [9.17, 15) is 0 Å². The van der Waals surface area contributed by atoms with Gasteiger partial charge < -0.3 is 10.2 Å². The van der Waals surface area contributed by atoms with Gasteiger partial charge in [-0.15, -0.1) is 11.3 Å². The Morgan fingerprint density at radius 3 is 2.59 bits per heavy atom. The second-order valence-corrected chi connectivity index (χ2v) is 5.30. The summed E-state index contributed by atoms with van der Waals surface area (Å²) in [7, 11) is 0. The molecule has 0 spiro atoms. The van der Waals surface area contributed by atoms with Gasteiger partial charge in [0.25, 0.3) is 0 Å². The zero-order chi connectivity index (χ0) is 12.7. The molecular weight excluding hydrogens is 236 g/mol. The average Bonchev–Trinajstić information content (AvgIpc) is 2.75. The molecule has 1 heterocycles. The number of hydrogen-bond acceptors (Lipinski definition) is 5. The number of nitrogens with zero attached hydrogens (tertiary/aromatic N) is 2. The predicted molar refractivity (Wildman–Crippen MR) is 70.3 cm³/mol. The molecule has 98 valence electrons. The van der Waals surface area contributed by atoms with Gasteiger partial charge in [0.05, 0.1) is 17.3 Å². The summed E-state index contributed by atoms with van der Waals surface area (Å²) in [5.41, 5.74) is 1.06. The lowest BCUT2D eigenvalue weighted by atomic mass is 10.2. The number of hydrogen-bond donors (Lipinski definition) is 2. The first-order valence-corrected chi connectivity index (χ1v) is 6.93. The zero-order valence-electron chi connectivity index (χ0n) is 10.6. The van der Waals surface area contributed by atoms with Crippen molar-refractivity contribution in [3.63, 3.8) is 0 Å². The van der Waals surface area contributed by atoms with Gasteiger partial charge in [0, 0.05) is 37.5 Å². The third-order valence-corrected chi connectivity index (χ3v) is 3.69. The molecule has 0 saturated carbocycles. The average molecular weight is 258 g/mol. The third kappa shape index (κ3) is 5.12. The van der Waals surface area contributed by atoms with Gasteiger partial charge in [-0.05, 0) is 6.42 Å². The summed E-state index contributed by atoms with van der Waals surface area (Å²) in [5, 5.41) is 21.0. The van der Waals surface area contributed by atoms with Crippen LogP contribution in [0.25, 0.3) is 0 Å². The zero-order valence-corrected chi connectivity index (χ0v) is 11.4. The van der Waals surface area contributed by atoms with Crippen molar-refractivity contribution in [3.05, 3.63) is 16.1 Å².